The number of carboxylic acid groups (broad SMARTS) is 1. The Hall–Kier alpha value is -1.14. The number of carbonyl (C=O) groups excluding carboxylic acids is 1. The molecular weight excluding hydrogens is 250 g/mol. The van der Waals surface area contributed by atoms with Gasteiger partial charge < -0.3 is 20.3 Å². The van der Waals surface area contributed by atoms with E-state index in [9.17, 15) is 14.7 Å². The molecule has 1 amide bonds. The minimum Gasteiger partial charge on any atom is -0.481 e. The standard InChI is InChI=1S/C13H21NO5/c1-12(2)8(9(12)11(17)18)10(16)14-13(7-15)3-5-19-6-4-13/h8-9,15H,3-7H2,1-2H3,(H,14,16)(H,17,18). The molecule has 1 heterocycles. The topological polar surface area (TPSA) is 95.9 Å². The molecule has 0 spiro atoms. The van der Waals surface area contributed by atoms with Gasteiger partial charge in [0, 0.05) is 13.2 Å². The number of rotatable bonds is 4. The summed E-state index contributed by atoms with van der Waals surface area (Å²) in [4.78, 5) is 23.3. The summed E-state index contributed by atoms with van der Waals surface area (Å²) >= 11 is 0. The maximum atomic E-state index is 12.2. The van der Waals surface area contributed by atoms with Crippen LogP contribution in [0.3, 0.4) is 0 Å². The minimum absolute atomic E-state index is 0.146. The number of carbonyl (C=O) groups is 2. The van der Waals surface area contributed by atoms with Gasteiger partial charge in [0.25, 0.3) is 0 Å². The van der Waals surface area contributed by atoms with Gasteiger partial charge in [-0.05, 0) is 18.3 Å². The lowest BCUT2D eigenvalue weighted by Gasteiger charge is -2.36. The van der Waals surface area contributed by atoms with E-state index in [0.29, 0.717) is 26.1 Å². The molecular formula is C13H21NO5. The van der Waals surface area contributed by atoms with Gasteiger partial charge in [-0.15, -0.1) is 0 Å². The molecule has 3 N–H and O–H groups in total. The molecule has 2 rings (SSSR count). The van der Waals surface area contributed by atoms with Crippen LogP contribution in [0.2, 0.25) is 0 Å². The number of hydrogen-bond acceptors (Lipinski definition) is 4. The third-order valence-corrected chi connectivity index (χ3v) is 4.52. The Balaban J connectivity index is 2.03. The van der Waals surface area contributed by atoms with Crippen molar-refractivity contribution in [3.05, 3.63) is 0 Å². The molecule has 19 heavy (non-hydrogen) atoms. The minimum atomic E-state index is -0.935. The summed E-state index contributed by atoms with van der Waals surface area (Å²) in [6, 6.07) is 0. The van der Waals surface area contributed by atoms with Crippen LogP contribution in [0.5, 0.6) is 0 Å². The number of nitrogens with one attached hydrogen (secondary N) is 1. The van der Waals surface area contributed by atoms with Crippen molar-refractivity contribution in [2.75, 3.05) is 19.8 Å². The molecule has 1 aliphatic heterocycles. The van der Waals surface area contributed by atoms with E-state index < -0.39 is 28.8 Å². The number of amides is 1. The molecule has 0 aromatic carbocycles. The van der Waals surface area contributed by atoms with Gasteiger partial charge in [-0.1, -0.05) is 13.8 Å². The molecule has 6 nitrogen and oxygen atoms in total. The molecule has 0 aromatic rings. The zero-order valence-corrected chi connectivity index (χ0v) is 11.3. The lowest BCUT2D eigenvalue weighted by atomic mass is 9.90. The Morgan fingerprint density at radius 1 is 1.26 bits per heavy atom. The highest BCUT2D eigenvalue weighted by molar-refractivity contribution is 5.92. The molecule has 6 heteroatoms. The van der Waals surface area contributed by atoms with Gasteiger partial charge in [0.15, 0.2) is 0 Å². The number of aliphatic carboxylic acids is 1. The van der Waals surface area contributed by atoms with E-state index in [0.717, 1.165) is 0 Å². The predicted octanol–water partition coefficient (Wildman–Crippen LogP) is 0.000900. The summed E-state index contributed by atoms with van der Waals surface area (Å²) in [5.41, 5.74) is -1.17. The molecule has 108 valence electrons. The first-order valence-corrected chi connectivity index (χ1v) is 6.57. The first-order chi connectivity index (χ1) is 8.84. The van der Waals surface area contributed by atoms with Crippen molar-refractivity contribution in [3.8, 4) is 0 Å². The van der Waals surface area contributed by atoms with Gasteiger partial charge in [0.2, 0.25) is 5.91 Å². The van der Waals surface area contributed by atoms with Crippen molar-refractivity contribution in [2.45, 2.75) is 32.2 Å². The first-order valence-electron chi connectivity index (χ1n) is 6.57. The Bertz CT molecular complexity index is 386. The van der Waals surface area contributed by atoms with E-state index in [2.05, 4.69) is 5.32 Å². The quantitative estimate of drug-likeness (QED) is 0.669. The van der Waals surface area contributed by atoms with Crippen LogP contribution in [-0.2, 0) is 14.3 Å². The van der Waals surface area contributed by atoms with E-state index >= 15 is 0 Å². The molecule has 1 aliphatic carbocycles. The predicted molar refractivity (Wildman–Crippen MR) is 66.4 cm³/mol. The third kappa shape index (κ3) is 2.47. The molecule has 2 atom stereocenters. The summed E-state index contributed by atoms with van der Waals surface area (Å²) in [6.45, 7) is 4.42. The molecule has 2 aliphatic rings. The summed E-state index contributed by atoms with van der Waals surface area (Å²) in [6.07, 6.45) is 1.11. The van der Waals surface area contributed by atoms with E-state index in [1.165, 1.54) is 0 Å². The zero-order chi connectivity index (χ0) is 14.3. The molecule has 2 fully saturated rings. The molecule has 0 radical (unpaired) electrons. The Labute approximate surface area is 112 Å². The molecule has 1 saturated carbocycles. The third-order valence-electron chi connectivity index (χ3n) is 4.52. The lowest BCUT2D eigenvalue weighted by Crippen LogP contribution is -2.55. The number of aliphatic hydroxyl groups is 1. The van der Waals surface area contributed by atoms with Crippen LogP contribution >= 0.6 is 0 Å². The largest absolute Gasteiger partial charge is 0.481 e. The fourth-order valence-electron chi connectivity index (χ4n) is 3.01. The fraction of sp³-hybridized carbons (Fsp3) is 0.846. The average Bonchev–Trinajstić information content (AvgIpc) is 2.94. The van der Waals surface area contributed by atoms with Crippen molar-refractivity contribution >= 4 is 11.9 Å². The Morgan fingerprint density at radius 2 is 1.84 bits per heavy atom. The van der Waals surface area contributed by atoms with Crippen molar-refractivity contribution in [2.24, 2.45) is 17.3 Å². The maximum absolute atomic E-state index is 12.2. The lowest BCUT2D eigenvalue weighted by molar-refractivity contribution is -0.141. The molecule has 1 saturated heterocycles. The SMILES string of the molecule is CC1(C)C(C(=O)O)C1C(=O)NC1(CO)CCOCC1. The Morgan fingerprint density at radius 3 is 2.26 bits per heavy atom. The van der Waals surface area contributed by atoms with Crippen molar-refractivity contribution in [1.82, 2.24) is 5.32 Å². The van der Waals surface area contributed by atoms with E-state index in [-0.39, 0.29) is 12.5 Å². The smallest absolute Gasteiger partial charge is 0.307 e. The number of ether oxygens (including phenoxy) is 1. The van der Waals surface area contributed by atoms with Crippen LogP contribution in [0.1, 0.15) is 26.7 Å². The molecule has 2 unspecified atom stereocenters. The van der Waals surface area contributed by atoms with Gasteiger partial charge >= 0.3 is 5.97 Å². The zero-order valence-electron chi connectivity index (χ0n) is 11.3. The van der Waals surface area contributed by atoms with Crippen LogP contribution in [0.25, 0.3) is 0 Å². The second-order valence-electron chi connectivity index (χ2n) is 6.16. The van der Waals surface area contributed by atoms with Crippen molar-refractivity contribution in [3.63, 3.8) is 0 Å². The second kappa shape index (κ2) is 4.76. The van der Waals surface area contributed by atoms with Crippen LogP contribution in [0, 0.1) is 17.3 Å². The van der Waals surface area contributed by atoms with Crippen molar-refractivity contribution < 1.29 is 24.5 Å². The van der Waals surface area contributed by atoms with E-state index in [4.69, 9.17) is 9.84 Å². The van der Waals surface area contributed by atoms with Crippen molar-refractivity contribution in [1.29, 1.82) is 0 Å². The molecule has 0 bridgehead atoms. The van der Waals surface area contributed by atoms with Crippen LogP contribution in [0.4, 0.5) is 0 Å². The monoisotopic (exact) mass is 271 g/mol. The van der Waals surface area contributed by atoms with Crippen LogP contribution in [0.15, 0.2) is 0 Å². The van der Waals surface area contributed by atoms with E-state index in [1.54, 1.807) is 13.8 Å². The Kier molecular flexibility index (Phi) is 3.57. The summed E-state index contributed by atoms with van der Waals surface area (Å²) in [7, 11) is 0. The number of carboxylic acids is 1. The summed E-state index contributed by atoms with van der Waals surface area (Å²) in [5.74, 6) is -2.36. The number of aliphatic hydroxyl groups excluding tert-OH is 1. The highest BCUT2D eigenvalue weighted by atomic mass is 16.5. The summed E-state index contributed by atoms with van der Waals surface area (Å²) < 4.78 is 5.23. The van der Waals surface area contributed by atoms with Gasteiger partial charge in [-0.25, -0.2) is 0 Å². The number of hydrogen-bond donors (Lipinski definition) is 3. The van der Waals surface area contributed by atoms with Crippen LogP contribution in [-0.4, -0.2) is 47.4 Å². The average molecular weight is 271 g/mol. The van der Waals surface area contributed by atoms with Crippen LogP contribution < -0.4 is 5.32 Å². The normalized spacial score (nSPS) is 31.5. The molecule has 0 aromatic heterocycles. The summed E-state index contributed by atoms with van der Waals surface area (Å²) in [5, 5.41) is 21.4. The first kappa shape index (κ1) is 14.3. The fourth-order valence-corrected chi connectivity index (χ4v) is 3.01. The van der Waals surface area contributed by atoms with Gasteiger partial charge in [0.1, 0.15) is 0 Å². The second-order valence-corrected chi connectivity index (χ2v) is 6.16. The maximum Gasteiger partial charge on any atom is 0.307 e. The highest BCUT2D eigenvalue weighted by Gasteiger charge is 2.66. The van der Waals surface area contributed by atoms with Gasteiger partial charge in [-0.2, -0.15) is 0 Å². The van der Waals surface area contributed by atoms with Gasteiger partial charge in [0.05, 0.1) is 24.0 Å². The highest BCUT2D eigenvalue weighted by Crippen LogP contribution is 2.58. The van der Waals surface area contributed by atoms with E-state index in [1.807, 2.05) is 0 Å². The van der Waals surface area contributed by atoms with Gasteiger partial charge in [-0.3, -0.25) is 9.59 Å².